The summed E-state index contributed by atoms with van der Waals surface area (Å²) in [6.45, 7) is 0.972. The van der Waals surface area contributed by atoms with E-state index in [0.29, 0.717) is 18.7 Å². The zero-order chi connectivity index (χ0) is 22.2. The van der Waals surface area contributed by atoms with E-state index in [-0.39, 0.29) is 11.5 Å². The van der Waals surface area contributed by atoms with Gasteiger partial charge in [-0.25, -0.2) is 0 Å². The lowest BCUT2D eigenvalue weighted by Crippen LogP contribution is -2.22. The van der Waals surface area contributed by atoms with Crippen LogP contribution in [-0.2, 0) is 18.8 Å². The Labute approximate surface area is 191 Å². The zero-order valence-electron chi connectivity index (χ0n) is 17.5. The molecule has 4 rings (SSSR count). The molecule has 0 atom stereocenters. The van der Waals surface area contributed by atoms with Gasteiger partial charge in [0.15, 0.2) is 0 Å². The molecule has 160 valence electrons. The van der Waals surface area contributed by atoms with Crippen LogP contribution in [0.5, 0.6) is 0 Å². The SMILES string of the molecule is O=C(NCc1ccc(Cn2ccccc2=O)cc1)c1ccc(SCc2cccnc2)cc1. The summed E-state index contributed by atoms with van der Waals surface area (Å²) in [4.78, 5) is 29.6. The highest BCUT2D eigenvalue weighted by Gasteiger charge is 2.06. The van der Waals surface area contributed by atoms with Crippen molar-refractivity contribution < 1.29 is 4.79 Å². The molecule has 0 bridgehead atoms. The molecule has 2 heterocycles. The van der Waals surface area contributed by atoms with Crippen LogP contribution in [-0.4, -0.2) is 15.5 Å². The molecule has 0 aliphatic rings. The van der Waals surface area contributed by atoms with E-state index in [4.69, 9.17) is 0 Å². The fourth-order valence-corrected chi connectivity index (χ4v) is 4.02. The maximum absolute atomic E-state index is 12.5. The van der Waals surface area contributed by atoms with Gasteiger partial charge < -0.3 is 9.88 Å². The minimum Gasteiger partial charge on any atom is -0.348 e. The van der Waals surface area contributed by atoms with Gasteiger partial charge in [-0.15, -0.1) is 11.8 Å². The number of carbonyl (C=O) groups excluding carboxylic acids is 1. The van der Waals surface area contributed by atoms with Crippen LogP contribution in [0.25, 0.3) is 0 Å². The minimum absolute atomic E-state index is 0.0228. The van der Waals surface area contributed by atoms with Crippen molar-refractivity contribution in [3.05, 3.63) is 130 Å². The Kier molecular flexibility index (Phi) is 7.15. The molecule has 0 saturated heterocycles. The first-order valence-corrected chi connectivity index (χ1v) is 11.3. The molecule has 0 unspecified atom stereocenters. The number of aromatic nitrogens is 2. The summed E-state index contributed by atoms with van der Waals surface area (Å²) in [5.74, 6) is 0.739. The van der Waals surface area contributed by atoms with E-state index in [0.717, 1.165) is 21.8 Å². The first-order chi connectivity index (χ1) is 15.7. The van der Waals surface area contributed by atoms with E-state index in [2.05, 4.69) is 16.4 Å². The third kappa shape index (κ3) is 5.95. The van der Waals surface area contributed by atoms with Crippen molar-refractivity contribution in [3.8, 4) is 0 Å². The number of carbonyl (C=O) groups is 1. The van der Waals surface area contributed by atoms with Crippen LogP contribution in [0.2, 0.25) is 0 Å². The highest BCUT2D eigenvalue weighted by Crippen LogP contribution is 2.22. The Morgan fingerprint density at radius 1 is 0.875 bits per heavy atom. The van der Waals surface area contributed by atoms with Gasteiger partial charge in [0.2, 0.25) is 0 Å². The van der Waals surface area contributed by atoms with Gasteiger partial charge in [0, 0.05) is 47.4 Å². The topological polar surface area (TPSA) is 64.0 Å². The number of amides is 1. The van der Waals surface area contributed by atoms with Crippen LogP contribution in [0.4, 0.5) is 0 Å². The quantitative estimate of drug-likeness (QED) is 0.409. The molecule has 32 heavy (non-hydrogen) atoms. The van der Waals surface area contributed by atoms with Gasteiger partial charge in [-0.2, -0.15) is 0 Å². The summed E-state index contributed by atoms with van der Waals surface area (Å²) in [7, 11) is 0. The number of thioether (sulfide) groups is 1. The number of nitrogens with one attached hydrogen (secondary N) is 1. The number of benzene rings is 2. The fourth-order valence-electron chi connectivity index (χ4n) is 3.19. The molecule has 0 radical (unpaired) electrons. The summed E-state index contributed by atoms with van der Waals surface area (Å²) < 4.78 is 1.66. The summed E-state index contributed by atoms with van der Waals surface area (Å²) in [5, 5.41) is 2.96. The molecule has 2 aromatic carbocycles. The lowest BCUT2D eigenvalue weighted by atomic mass is 10.1. The van der Waals surface area contributed by atoms with Crippen molar-refractivity contribution in [1.82, 2.24) is 14.9 Å². The van der Waals surface area contributed by atoms with Gasteiger partial charge in [0.25, 0.3) is 11.5 Å². The van der Waals surface area contributed by atoms with Gasteiger partial charge >= 0.3 is 0 Å². The van der Waals surface area contributed by atoms with E-state index in [1.54, 1.807) is 40.9 Å². The van der Waals surface area contributed by atoms with Gasteiger partial charge in [0.05, 0.1) is 6.54 Å². The molecule has 1 amide bonds. The second kappa shape index (κ2) is 10.6. The fraction of sp³-hybridized carbons (Fsp3) is 0.115. The third-order valence-corrected chi connectivity index (χ3v) is 6.06. The van der Waals surface area contributed by atoms with Gasteiger partial charge in [-0.05, 0) is 53.1 Å². The molecular formula is C26H23N3O2S. The highest BCUT2D eigenvalue weighted by atomic mass is 32.2. The third-order valence-electron chi connectivity index (χ3n) is 4.97. The Morgan fingerprint density at radius 2 is 1.66 bits per heavy atom. The minimum atomic E-state index is -0.103. The standard InChI is InChI=1S/C26H23N3O2S/c30-25-5-1-2-15-29(25)18-21-8-6-20(7-9-21)17-28-26(31)23-10-12-24(13-11-23)32-19-22-4-3-14-27-16-22/h1-16H,17-19H2,(H,28,31). The van der Waals surface area contributed by atoms with Gasteiger partial charge in [-0.1, -0.05) is 36.4 Å². The summed E-state index contributed by atoms with van der Waals surface area (Å²) in [6, 6.07) is 24.7. The molecule has 0 aliphatic heterocycles. The molecule has 0 spiro atoms. The first kappa shape index (κ1) is 21.6. The van der Waals surface area contributed by atoms with Crippen molar-refractivity contribution in [3.63, 3.8) is 0 Å². The summed E-state index contributed by atoms with van der Waals surface area (Å²) >= 11 is 1.71. The maximum Gasteiger partial charge on any atom is 0.251 e. The molecule has 6 heteroatoms. The van der Waals surface area contributed by atoms with Crippen molar-refractivity contribution in [2.75, 3.05) is 0 Å². The van der Waals surface area contributed by atoms with E-state index in [1.807, 2.05) is 66.9 Å². The molecule has 0 fully saturated rings. The van der Waals surface area contributed by atoms with E-state index < -0.39 is 0 Å². The molecule has 5 nitrogen and oxygen atoms in total. The van der Waals surface area contributed by atoms with Crippen molar-refractivity contribution in [2.24, 2.45) is 0 Å². The smallest absolute Gasteiger partial charge is 0.251 e. The van der Waals surface area contributed by atoms with E-state index in [1.165, 1.54) is 5.56 Å². The maximum atomic E-state index is 12.5. The Bertz CT molecular complexity index is 1220. The monoisotopic (exact) mass is 441 g/mol. The Hall–Kier alpha value is -3.64. The lowest BCUT2D eigenvalue weighted by molar-refractivity contribution is 0.0951. The van der Waals surface area contributed by atoms with Crippen LogP contribution in [0.3, 0.4) is 0 Å². The number of hydrogen-bond donors (Lipinski definition) is 1. The van der Waals surface area contributed by atoms with Gasteiger partial charge in [-0.3, -0.25) is 14.6 Å². The zero-order valence-corrected chi connectivity index (χ0v) is 18.3. The predicted molar refractivity (Wildman–Crippen MR) is 128 cm³/mol. The van der Waals surface area contributed by atoms with Crippen LogP contribution in [0.15, 0.2) is 107 Å². The number of rotatable bonds is 8. The second-order valence-corrected chi connectivity index (χ2v) is 8.39. The molecule has 1 N–H and O–H groups in total. The largest absolute Gasteiger partial charge is 0.348 e. The van der Waals surface area contributed by atoms with Crippen LogP contribution in [0.1, 0.15) is 27.0 Å². The number of pyridine rings is 2. The van der Waals surface area contributed by atoms with E-state index in [9.17, 15) is 9.59 Å². The van der Waals surface area contributed by atoms with E-state index >= 15 is 0 Å². The van der Waals surface area contributed by atoms with Crippen LogP contribution in [0, 0.1) is 0 Å². The van der Waals surface area contributed by atoms with Crippen molar-refractivity contribution >= 4 is 17.7 Å². The summed E-state index contributed by atoms with van der Waals surface area (Å²) in [6.07, 6.45) is 5.41. The molecule has 2 aromatic heterocycles. The Morgan fingerprint density at radius 3 is 2.38 bits per heavy atom. The van der Waals surface area contributed by atoms with Crippen LogP contribution < -0.4 is 10.9 Å². The highest BCUT2D eigenvalue weighted by molar-refractivity contribution is 7.98. The second-order valence-electron chi connectivity index (χ2n) is 7.34. The molecular weight excluding hydrogens is 418 g/mol. The molecule has 0 aliphatic carbocycles. The van der Waals surface area contributed by atoms with Gasteiger partial charge in [0.1, 0.15) is 0 Å². The predicted octanol–water partition coefficient (Wildman–Crippen LogP) is 4.51. The van der Waals surface area contributed by atoms with Crippen molar-refractivity contribution in [2.45, 2.75) is 23.7 Å². The molecule has 0 saturated carbocycles. The number of nitrogens with zero attached hydrogens (tertiary/aromatic N) is 2. The van der Waals surface area contributed by atoms with Crippen LogP contribution >= 0.6 is 11.8 Å². The summed E-state index contributed by atoms with van der Waals surface area (Å²) in [5.41, 5.74) is 3.82. The molecule has 4 aromatic rings. The van der Waals surface area contributed by atoms with Crippen molar-refractivity contribution in [1.29, 1.82) is 0 Å². The Balaban J connectivity index is 1.27. The number of hydrogen-bond acceptors (Lipinski definition) is 4. The lowest BCUT2D eigenvalue weighted by Gasteiger charge is -2.09. The average Bonchev–Trinajstić information content (AvgIpc) is 2.84. The average molecular weight is 442 g/mol. The first-order valence-electron chi connectivity index (χ1n) is 10.3. The normalized spacial score (nSPS) is 10.6.